The molecular weight excluding hydrogens is 570 g/mol. The minimum atomic E-state index is -1.43. The van der Waals surface area contributed by atoms with Gasteiger partial charge in [0.05, 0.1) is 8.07 Å². The molecule has 0 radical (unpaired) electrons. The van der Waals surface area contributed by atoms with Crippen LogP contribution in [0, 0.1) is 53.3 Å². The van der Waals surface area contributed by atoms with Crippen LogP contribution < -0.4 is 10.5 Å². The van der Waals surface area contributed by atoms with Crippen molar-refractivity contribution < 1.29 is 0 Å². The second kappa shape index (κ2) is 9.05. The number of hydrogen-bond donors (Lipinski definition) is 0. The van der Waals surface area contributed by atoms with Gasteiger partial charge in [0, 0.05) is 5.41 Å². The molecule has 0 aliphatic heterocycles. The molecule has 0 nitrogen and oxygen atoms in total. The molecule has 4 atom stereocenters. The molecule has 0 saturated heterocycles. The number of hydrogen-bond acceptors (Lipinski definition) is 0. The minimum Gasteiger partial charge on any atom is -0.130 e. The van der Waals surface area contributed by atoms with E-state index in [0.717, 1.165) is 53.3 Å². The predicted molar refractivity (Wildman–Crippen MR) is 191 cm³/mol. The predicted octanol–water partition coefficient (Wildman–Crippen LogP) is 9.99. The molecule has 0 N–H and O–H groups in total. The zero-order chi connectivity index (χ0) is 29.1. The third-order valence-electron chi connectivity index (χ3n) is 16.6. The first-order chi connectivity index (χ1) is 20.4. The Morgan fingerprint density at radius 1 is 0.605 bits per heavy atom. The van der Waals surface area contributed by atoms with Crippen molar-refractivity contribution in [2.45, 2.75) is 157 Å². The van der Waals surface area contributed by atoms with Crippen molar-refractivity contribution in [1.82, 2.24) is 0 Å². The summed E-state index contributed by atoms with van der Waals surface area (Å²) in [5.74, 6) is 9.35. The quantitative estimate of drug-likeness (QED) is 0.224. The fraction of sp³-hybridized carbons (Fsp3) is 0.850. The van der Waals surface area contributed by atoms with Crippen LogP contribution in [0.2, 0.25) is 19.6 Å². The lowest BCUT2D eigenvalue weighted by Gasteiger charge is -2.69. The molecule has 234 valence electrons. The van der Waals surface area contributed by atoms with Crippen LogP contribution in [0.1, 0.15) is 122 Å². The van der Waals surface area contributed by atoms with Crippen LogP contribution in [0.5, 0.6) is 0 Å². The third-order valence-corrected chi connectivity index (χ3v) is 23.5. The summed E-state index contributed by atoms with van der Waals surface area (Å²) in [5, 5.41) is 5.57. The molecule has 12 aliphatic carbocycles. The van der Waals surface area contributed by atoms with E-state index in [2.05, 4.69) is 59.3 Å². The molecule has 12 bridgehead atoms. The van der Waals surface area contributed by atoms with Gasteiger partial charge in [-0.3, -0.25) is 0 Å². The molecule has 0 spiro atoms. The monoisotopic (exact) mass is 630 g/mol. The minimum absolute atomic E-state index is 0.169. The summed E-state index contributed by atoms with van der Waals surface area (Å²) in [7, 11) is 2.02. The van der Waals surface area contributed by atoms with Crippen LogP contribution in [0.4, 0.5) is 0 Å². The zero-order valence-electron chi connectivity index (χ0n) is 28.0. The van der Waals surface area contributed by atoms with Gasteiger partial charge < -0.3 is 0 Å². The fourth-order valence-corrected chi connectivity index (χ4v) is 23.5. The lowest BCUT2D eigenvalue weighted by atomic mass is 9.43. The lowest BCUT2D eigenvalue weighted by molar-refractivity contribution is -0.0350. The summed E-state index contributed by atoms with van der Waals surface area (Å²) in [5.41, 5.74) is 2.37. The molecule has 43 heavy (non-hydrogen) atoms. The van der Waals surface area contributed by atoms with Crippen molar-refractivity contribution >= 4 is 35.7 Å². The van der Waals surface area contributed by atoms with E-state index in [1.54, 1.807) is 88.7 Å². The molecule has 0 aromatic heterocycles. The van der Waals surface area contributed by atoms with Gasteiger partial charge in [-0.2, -0.15) is 0 Å². The van der Waals surface area contributed by atoms with Gasteiger partial charge in [0.2, 0.25) is 0 Å². The Morgan fingerprint density at radius 3 is 1.40 bits per heavy atom. The molecule has 12 aliphatic rings. The topological polar surface area (TPSA) is 0 Å². The van der Waals surface area contributed by atoms with Crippen LogP contribution in [-0.2, 0) is 5.41 Å². The molecule has 0 amide bonds. The van der Waals surface area contributed by atoms with E-state index in [-0.39, 0.29) is 7.92 Å². The summed E-state index contributed by atoms with van der Waals surface area (Å²) >= 11 is 0. The highest BCUT2D eigenvalue weighted by Crippen LogP contribution is 2.79. The van der Waals surface area contributed by atoms with E-state index >= 15 is 0 Å². The van der Waals surface area contributed by atoms with Crippen molar-refractivity contribution in [3.63, 3.8) is 0 Å². The Balaban J connectivity index is 1.22. The van der Waals surface area contributed by atoms with E-state index in [4.69, 9.17) is 0 Å². The van der Waals surface area contributed by atoms with E-state index in [9.17, 15) is 0 Å². The summed E-state index contributed by atoms with van der Waals surface area (Å²) < 4.78 is 0. The average molecular weight is 631 g/mol. The van der Waals surface area contributed by atoms with Gasteiger partial charge in [0.1, 0.15) is 0 Å². The molecule has 13 rings (SSSR count). The highest BCUT2D eigenvalue weighted by atomic mass is 31.1. The van der Waals surface area contributed by atoms with Crippen LogP contribution in [0.3, 0.4) is 0 Å². The Bertz CT molecular complexity index is 1210. The number of rotatable bonds is 5. The SMILES string of the molecule is CC1(P)C2CC3CC(C2)CC1(c1ccc([Si](C)(C)C)cc1P(C12CC4CC(CC(C4)C1)C2)C12CC4CC(CC(C4)C1)C2)C3. The van der Waals surface area contributed by atoms with E-state index in [0.29, 0.717) is 20.9 Å². The number of benzene rings is 1. The summed E-state index contributed by atoms with van der Waals surface area (Å²) in [4.78, 5) is 0. The van der Waals surface area contributed by atoms with Gasteiger partial charge in [0.15, 0.2) is 0 Å². The van der Waals surface area contributed by atoms with Gasteiger partial charge in [-0.25, -0.2) is 0 Å². The summed E-state index contributed by atoms with van der Waals surface area (Å²) in [6.07, 6.45) is 27.0. The van der Waals surface area contributed by atoms with Crippen LogP contribution in [0.25, 0.3) is 0 Å². The normalized spacial score (nSPS) is 54.5. The second-order valence-electron chi connectivity index (χ2n) is 20.5. The molecule has 4 unspecified atom stereocenters. The zero-order valence-corrected chi connectivity index (χ0v) is 31.0. The van der Waals surface area contributed by atoms with Crippen LogP contribution in [-0.4, -0.2) is 23.5 Å². The van der Waals surface area contributed by atoms with Gasteiger partial charge in [-0.15, -0.1) is 9.24 Å². The van der Waals surface area contributed by atoms with Gasteiger partial charge in [-0.1, -0.05) is 57.9 Å². The first kappa shape index (κ1) is 28.3. The molecular formula is C40H60P2Si. The van der Waals surface area contributed by atoms with Crippen molar-refractivity contribution in [1.29, 1.82) is 0 Å². The first-order valence-electron chi connectivity index (χ1n) is 19.2. The third kappa shape index (κ3) is 3.92. The smallest absolute Gasteiger partial charge is 0.0776 e. The largest absolute Gasteiger partial charge is 0.130 e. The average Bonchev–Trinajstić information content (AvgIpc) is 2.89. The molecule has 1 aromatic carbocycles. The van der Waals surface area contributed by atoms with Crippen molar-refractivity contribution in [2.75, 3.05) is 0 Å². The molecule has 12 fully saturated rings. The van der Waals surface area contributed by atoms with E-state index in [1.165, 1.54) is 25.7 Å². The Hall–Kier alpha value is 0.297. The Morgan fingerprint density at radius 2 is 1.00 bits per heavy atom. The Labute approximate surface area is 268 Å². The summed E-state index contributed by atoms with van der Waals surface area (Å²) in [6, 6.07) is 8.62. The fourth-order valence-electron chi connectivity index (χ4n) is 16.1. The standard InChI is InChI=1S/C40H60P2Si/c1-37(41)33-14-31-13-32(15-33)24-40(37,23-31)35-6-5-34(43(2,3)4)16-36(35)42(38-17-25-7-26(18-38)9-27(8-25)19-38)39-20-28-10-29(21-39)12-30(11-28)22-39/h5-6,16,25-33H,7-15,17-24,41H2,1-4H3. The highest BCUT2D eigenvalue weighted by molar-refractivity contribution is 7.69. The highest BCUT2D eigenvalue weighted by Gasteiger charge is 2.66. The Kier molecular flexibility index (Phi) is 5.96. The van der Waals surface area contributed by atoms with Gasteiger partial charge in [-0.05, 0) is 189 Å². The maximum Gasteiger partial charge on any atom is 0.0776 e. The van der Waals surface area contributed by atoms with Gasteiger partial charge in [0.25, 0.3) is 0 Å². The maximum absolute atomic E-state index is 3.62. The van der Waals surface area contributed by atoms with Gasteiger partial charge >= 0.3 is 0 Å². The van der Waals surface area contributed by atoms with E-state index in [1.807, 2.05) is 5.56 Å². The first-order valence-corrected chi connectivity index (χ1v) is 24.6. The summed E-state index contributed by atoms with van der Waals surface area (Å²) in [6.45, 7) is 10.7. The van der Waals surface area contributed by atoms with Crippen molar-refractivity contribution in [2.24, 2.45) is 53.3 Å². The molecule has 0 heterocycles. The van der Waals surface area contributed by atoms with Crippen molar-refractivity contribution in [3.05, 3.63) is 23.8 Å². The lowest BCUT2D eigenvalue weighted by Crippen LogP contribution is -2.64. The molecule has 1 aromatic rings. The maximum atomic E-state index is 3.62. The van der Waals surface area contributed by atoms with Crippen LogP contribution in [0.15, 0.2) is 18.2 Å². The molecule has 12 saturated carbocycles. The van der Waals surface area contributed by atoms with Crippen LogP contribution >= 0.6 is 17.2 Å². The molecule has 3 heteroatoms. The second-order valence-corrected chi connectivity index (χ2v) is 29.8. The van der Waals surface area contributed by atoms with Crippen molar-refractivity contribution in [3.8, 4) is 0 Å². The van der Waals surface area contributed by atoms with E-state index < -0.39 is 8.07 Å².